The van der Waals surface area contributed by atoms with Crippen LogP contribution in [0.25, 0.3) is 0 Å². The molecule has 0 bridgehead atoms. The molecule has 0 rings (SSSR count). The average molecular weight is 190 g/mol. The molecule has 1 unspecified atom stereocenters. The van der Waals surface area contributed by atoms with Crippen molar-refractivity contribution in [2.75, 3.05) is 0 Å². The first-order chi connectivity index (χ1) is 6.13. The number of carboxylic acids is 1. The predicted octanol–water partition coefficient (Wildman–Crippen LogP) is 3.16. The number of unbranched alkanes of at least 4 members (excludes halogenated alkanes) is 4. The number of rotatable bonds is 8. The summed E-state index contributed by atoms with van der Waals surface area (Å²) in [4.78, 5) is 10.1. The molecule has 0 fully saturated rings. The molecule has 0 aliphatic carbocycles. The van der Waals surface area contributed by atoms with Gasteiger partial charge in [0.25, 0.3) is 0 Å². The normalized spacial score (nSPS) is 12.8. The highest BCUT2D eigenvalue weighted by atomic mass is 19.1. The molecule has 0 aromatic rings. The van der Waals surface area contributed by atoms with Crippen LogP contribution in [-0.4, -0.2) is 17.2 Å². The summed E-state index contributed by atoms with van der Waals surface area (Å²) in [5.74, 6) is -0.725. The van der Waals surface area contributed by atoms with Crippen molar-refractivity contribution in [1.29, 1.82) is 0 Å². The van der Waals surface area contributed by atoms with Gasteiger partial charge in [-0.1, -0.05) is 25.7 Å². The summed E-state index contributed by atoms with van der Waals surface area (Å²) in [5, 5.41) is 8.34. The van der Waals surface area contributed by atoms with E-state index in [4.69, 9.17) is 5.11 Å². The topological polar surface area (TPSA) is 37.3 Å². The van der Waals surface area contributed by atoms with Crippen LogP contribution >= 0.6 is 0 Å². The van der Waals surface area contributed by atoms with E-state index in [1.165, 1.54) is 0 Å². The van der Waals surface area contributed by atoms with Gasteiger partial charge in [0.15, 0.2) is 0 Å². The highest BCUT2D eigenvalue weighted by molar-refractivity contribution is 5.66. The fraction of sp³-hybridized carbons (Fsp3) is 0.900. The third-order valence-electron chi connectivity index (χ3n) is 1.99. The maximum atomic E-state index is 12.3. The van der Waals surface area contributed by atoms with Gasteiger partial charge >= 0.3 is 5.97 Å². The molecule has 2 nitrogen and oxygen atoms in total. The Kier molecular flexibility index (Phi) is 7.65. The molecule has 0 spiro atoms. The van der Waals surface area contributed by atoms with Crippen LogP contribution in [0, 0.1) is 0 Å². The van der Waals surface area contributed by atoms with Crippen molar-refractivity contribution in [3.05, 3.63) is 0 Å². The van der Waals surface area contributed by atoms with Crippen LogP contribution in [0.3, 0.4) is 0 Å². The molecule has 0 aliphatic rings. The predicted molar refractivity (Wildman–Crippen MR) is 50.5 cm³/mol. The van der Waals surface area contributed by atoms with Crippen LogP contribution < -0.4 is 0 Å². The molecule has 78 valence electrons. The number of carbonyl (C=O) groups is 1. The maximum Gasteiger partial charge on any atom is 0.303 e. The van der Waals surface area contributed by atoms with Crippen molar-refractivity contribution in [2.24, 2.45) is 0 Å². The lowest BCUT2D eigenvalue weighted by Crippen LogP contribution is -1.94. The van der Waals surface area contributed by atoms with E-state index in [1.54, 1.807) is 6.92 Å². The van der Waals surface area contributed by atoms with E-state index >= 15 is 0 Å². The summed E-state index contributed by atoms with van der Waals surface area (Å²) in [6.45, 7) is 1.57. The molecule has 0 radical (unpaired) electrons. The highest BCUT2D eigenvalue weighted by Gasteiger charge is 1.98. The summed E-state index contributed by atoms with van der Waals surface area (Å²) in [6, 6.07) is 0. The molecule has 0 heterocycles. The molecule has 0 aliphatic heterocycles. The second-order valence-electron chi connectivity index (χ2n) is 3.48. The smallest absolute Gasteiger partial charge is 0.303 e. The van der Waals surface area contributed by atoms with Gasteiger partial charge in [-0.15, -0.1) is 0 Å². The van der Waals surface area contributed by atoms with Gasteiger partial charge in [-0.2, -0.15) is 0 Å². The molecule has 0 aromatic heterocycles. The van der Waals surface area contributed by atoms with Crippen molar-refractivity contribution in [3.63, 3.8) is 0 Å². The summed E-state index contributed by atoms with van der Waals surface area (Å²) >= 11 is 0. The van der Waals surface area contributed by atoms with E-state index in [1.807, 2.05) is 0 Å². The molecule has 3 heteroatoms. The summed E-state index contributed by atoms with van der Waals surface area (Å²) in [6.07, 6.45) is 4.88. The lowest BCUT2D eigenvalue weighted by Gasteiger charge is -2.01. The first kappa shape index (κ1) is 12.4. The van der Waals surface area contributed by atoms with Crippen LogP contribution in [-0.2, 0) is 4.79 Å². The minimum absolute atomic E-state index is 0.263. The van der Waals surface area contributed by atoms with Crippen LogP contribution in [0.4, 0.5) is 4.39 Å². The second-order valence-corrected chi connectivity index (χ2v) is 3.48. The second kappa shape index (κ2) is 8.02. The van der Waals surface area contributed by atoms with E-state index in [9.17, 15) is 9.18 Å². The molecule has 0 saturated heterocycles. The quantitative estimate of drug-likeness (QED) is 0.597. The number of carboxylic acid groups (broad SMARTS) is 1. The summed E-state index contributed by atoms with van der Waals surface area (Å²) in [7, 11) is 0. The lowest BCUT2D eigenvalue weighted by atomic mass is 10.1. The monoisotopic (exact) mass is 190 g/mol. The molecule has 0 aromatic carbocycles. The van der Waals surface area contributed by atoms with Crippen LogP contribution in [0.2, 0.25) is 0 Å². The van der Waals surface area contributed by atoms with Gasteiger partial charge in [0, 0.05) is 6.42 Å². The molecular weight excluding hydrogens is 171 g/mol. The first-order valence-electron chi connectivity index (χ1n) is 4.99. The molecule has 1 atom stereocenters. The van der Waals surface area contributed by atoms with Crippen molar-refractivity contribution in [3.8, 4) is 0 Å². The summed E-state index contributed by atoms with van der Waals surface area (Å²) in [5.41, 5.74) is 0. The van der Waals surface area contributed by atoms with E-state index in [-0.39, 0.29) is 6.42 Å². The Morgan fingerprint density at radius 3 is 2.31 bits per heavy atom. The number of alkyl halides is 1. The van der Waals surface area contributed by atoms with Gasteiger partial charge in [-0.25, -0.2) is 4.39 Å². The largest absolute Gasteiger partial charge is 0.481 e. The zero-order valence-electron chi connectivity index (χ0n) is 8.26. The fourth-order valence-corrected chi connectivity index (χ4v) is 1.23. The van der Waals surface area contributed by atoms with E-state index < -0.39 is 12.1 Å². The SMILES string of the molecule is CC(F)CCCCCCCC(=O)O. The standard InChI is InChI=1S/C10H19FO2/c1-9(11)7-5-3-2-4-6-8-10(12)13/h9H,2-8H2,1H3,(H,12,13). The molecule has 0 amide bonds. The van der Waals surface area contributed by atoms with Gasteiger partial charge < -0.3 is 5.11 Å². The van der Waals surface area contributed by atoms with Crippen molar-refractivity contribution < 1.29 is 14.3 Å². The Morgan fingerprint density at radius 1 is 1.23 bits per heavy atom. The number of hydrogen-bond acceptors (Lipinski definition) is 1. The van der Waals surface area contributed by atoms with Crippen molar-refractivity contribution in [2.45, 2.75) is 58.0 Å². The van der Waals surface area contributed by atoms with E-state index in [2.05, 4.69) is 0 Å². The first-order valence-corrected chi connectivity index (χ1v) is 4.99. The number of hydrogen-bond donors (Lipinski definition) is 1. The minimum atomic E-state index is -0.725. The Labute approximate surface area is 79.1 Å². The average Bonchev–Trinajstić information content (AvgIpc) is 2.01. The minimum Gasteiger partial charge on any atom is -0.481 e. The Morgan fingerprint density at radius 2 is 1.77 bits per heavy atom. The third kappa shape index (κ3) is 11.4. The van der Waals surface area contributed by atoms with Gasteiger partial charge in [0.05, 0.1) is 6.17 Å². The lowest BCUT2D eigenvalue weighted by molar-refractivity contribution is -0.137. The van der Waals surface area contributed by atoms with Gasteiger partial charge in [-0.05, 0) is 19.8 Å². The van der Waals surface area contributed by atoms with Crippen molar-refractivity contribution >= 4 is 5.97 Å². The van der Waals surface area contributed by atoms with Crippen LogP contribution in [0.15, 0.2) is 0 Å². The molecular formula is C10H19FO2. The van der Waals surface area contributed by atoms with Gasteiger partial charge in [-0.3, -0.25) is 4.79 Å². The maximum absolute atomic E-state index is 12.3. The zero-order chi connectivity index (χ0) is 10.1. The van der Waals surface area contributed by atoms with Gasteiger partial charge in [0.2, 0.25) is 0 Å². The molecule has 1 N–H and O–H groups in total. The highest BCUT2D eigenvalue weighted by Crippen LogP contribution is 2.09. The third-order valence-corrected chi connectivity index (χ3v) is 1.99. The van der Waals surface area contributed by atoms with E-state index in [0.29, 0.717) is 6.42 Å². The van der Waals surface area contributed by atoms with E-state index in [0.717, 1.165) is 32.1 Å². The van der Waals surface area contributed by atoms with Gasteiger partial charge in [0.1, 0.15) is 0 Å². The summed E-state index contributed by atoms with van der Waals surface area (Å²) < 4.78 is 12.3. The Bertz CT molecular complexity index is 135. The molecule has 0 saturated carbocycles. The fourth-order valence-electron chi connectivity index (χ4n) is 1.23. The Balaban J connectivity index is 2.96. The zero-order valence-corrected chi connectivity index (χ0v) is 8.26. The Hall–Kier alpha value is -0.600. The molecule has 13 heavy (non-hydrogen) atoms. The van der Waals surface area contributed by atoms with Crippen LogP contribution in [0.1, 0.15) is 51.9 Å². The number of aliphatic carboxylic acids is 1. The number of halogens is 1. The van der Waals surface area contributed by atoms with Crippen LogP contribution in [0.5, 0.6) is 0 Å². The van der Waals surface area contributed by atoms with Crippen molar-refractivity contribution in [1.82, 2.24) is 0 Å².